The molecule has 3 aliphatic rings. The van der Waals surface area contributed by atoms with E-state index in [-0.39, 0.29) is 18.6 Å². The average molecular weight is 579 g/mol. The molecule has 3 aromatic heterocycles. The molecule has 6 rings (SSSR count). The van der Waals surface area contributed by atoms with Gasteiger partial charge in [0.15, 0.2) is 5.82 Å². The van der Waals surface area contributed by atoms with E-state index in [0.717, 1.165) is 49.1 Å². The number of ether oxygens (including phenoxy) is 2. The molecule has 0 amide bonds. The van der Waals surface area contributed by atoms with Crippen molar-refractivity contribution in [1.82, 2.24) is 29.6 Å². The van der Waals surface area contributed by atoms with E-state index in [0.29, 0.717) is 35.6 Å². The normalized spacial score (nSPS) is 20.5. The van der Waals surface area contributed by atoms with Gasteiger partial charge in [-0.1, -0.05) is 13.3 Å². The Kier molecular flexibility index (Phi) is 8.78. The van der Waals surface area contributed by atoms with E-state index in [9.17, 15) is 5.11 Å². The van der Waals surface area contributed by atoms with Gasteiger partial charge in [-0.25, -0.2) is 4.98 Å². The fourth-order valence-corrected chi connectivity index (χ4v) is 7.38. The number of nitrogens with one attached hydrogen (secondary N) is 1. The Bertz CT molecular complexity index is 1340. The minimum absolute atomic E-state index is 0.0762. The lowest BCUT2D eigenvalue weighted by molar-refractivity contribution is -0.0827. The maximum atomic E-state index is 9.55. The summed E-state index contributed by atoms with van der Waals surface area (Å²) in [6, 6.07) is 2.98. The molecule has 0 aromatic carbocycles. The van der Waals surface area contributed by atoms with Crippen LogP contribution in [0.3, 0.4) is 0 Å². The van der Waals surface area contributed by atoms with Crippen molar-refractivity contribution in [2.24, 2.45) is 5.41 Å². The highest BCUT2D eigenvalue weighted by Crippen LogP contribution is 2.49. The second-order valence-electron chi connectivity index (χ2n) is 12.5. The van der Waals surface area contributed by atoms with Gasteiger partial charge in [0.2, 0.25) is 5.95 Å². The van der Waals surface area contributed by atoms with Crippen LogP contribution in [0.4, 0.5) is 11.8 Å². The number of likely N-dealkylation sites (tertiary alicyclic amines) is 1. The van der Waals surface area contributed by atoms with Gasteiger partial charge in [-0.05, 0) is 74.3 Å². The number of nitrogen functional groups attached to an aromatic ring is 1. The highest BCUT2D eigenvalue weighted by Gasteiger charge is 2.47. The number of fused-ring (bicyclic) bond motifs is 1. The van der Waals surface area contributed by atoms with Crippen molar-refractivity contribution < 1.29 is 14.6 Å². The molecular weight excluding hydrogens is 532 g/mol. The molecule has 0 radical (unpaired) electrons. The Morgan fingerprint density at radius 2 is 1.93 bits per heavy atom. The number of nitrogens with zero attached hydrogens (tertiary/aromatic N) is 6. The van der Waals surface area contributed by atoms with E-state index in [1.54, 1.807) is 13.3 Å². The molecule has 228 valence electrons. The van der Waals surface area contributed by atoms with E-state index < -0.39 is 0 Å². The summed E-state index contributed by atoms with van der Waals surface area (Å²) in [5.74, 6) is 2.11. The van der Waals surface area contributed by atoms with Gasteiger partial charge in [-0.2, -0.15) is 10.1 Å². The van der Waals surface area contributed by atoms with Gasteiger partial charge in [-0.3, -0.25) is 14.6 Å². The number of nitrogens with two attached hydrogens (primary N) is 1. The molecule has 3 fully saturated rings. The zero-order valence-corrected chi connectivity index (χ0v) is 25.1. The predicted octanol–water partition coefficient (Wildman–Crippen LogP) is 3.96. The number of methoxy groups -OCH3 is 1. The molecule has 0 unspecified atom stereocenters. The third-order valence-electron chi connectivity index (χ3n) is 9.73. The second-order valence-corrected chi connectivity index (χ2v) is 12.5. The van der Waals surface area contributed by atoms with Gasteiger partial charge in [0, 0.05) is 51.2 Å². The number of anilines is 2. The Hall–Kier alpha value is -3.02. The van der Waals surface area contributed by atoms with Crippen LogP contribution in [-0.2, 0) is 11.3 Å². The standard InChI is InChI=1S/C31H46N8O3/c1-3-4-23(7-12-40)35-29-28-25(36-30(32)37-29)17-34-39(28)18-26-27(41-2)15-22(16-33-26)21-5-10-31(11-6-21)19-38(20-31)24-8-13-42-14-9-24/h15-17,21,23-24,40H,3-14,18-20H2,1-2H3,(H3,32,35,36,37)/t23-/m0/s1. The number of aliphatic hydroxyl groups excluding tert-OH is 1. The number of pyridine rings is 1. The Morgan fingerprint density at radius 3 is 2.64 bits per heavy atom. The summed E-state index contributed by atoms with van der Waals surface area (Å²) in [5, 5.41) is 17.6. The van der Waals surface area contributed by atoms with Crippen LogP contribution in [0.1, 0.15) is 81.9 Å². The highest BCUT2D eigenvalue weighted by molar-refractivity contribution is 5.86. The molecule has 11 heteroatoms. The lowest BCUT2D eigenvalue weighted by Gasteiger charge is -2.56. The van der Waals surface area contributed by atoms with E-state index in [2.05, 4.69) is 38.3 Å². The van der Waals surface area contributed by atoms with Crippen molar-refractivity contribution in [2.45, 2.75) is 89.3 Å². The average Bonchev–Trinajstić information content (AvgIpc) is 3.39. The van der Waals surface area contributed by atoms with Gasteiger partial charge in [0.05, 0.1) is 19.9 Å². The zero-order valence-electron chi connectivity index (χ0n) is 25.1. The first-order valence-corrected chi connectivity index (χ1v) is 15.7. The summed E-state index contributed by atoms with van der Waals surface area (Å²) >= 11 is 0. The van der Waals surface area contributed by atoms with Gasteiger partial charge in [-0.15, -0.1) is 0 Å². The summed E-state index contributed by atoms with van der Waals surface area (Å²) in [4.78, 5) is 16.5. The number of hydrogen-bond donors (Lipinski definition) is 3. The van der Waals surface area contributed by atoms with Crippen molar-refractivity contribution in [3.63, 3.8) is 0 Å². The molecule has 3 aromatic rings. The van der Waals surface area contributed by atoms with E-state index in [4.69, 9.17) is 20.2 Å². The third-order valence-corrected chi connectivity index (χ3v) is 9.73. The van der Waals surface area contributed by atoms with Gasteiger partial charge in [0.1, 0.15) is 22.5 Å². The molecule has 1 spiro atoms. The maximum absolute atomic E-state index is 9.55. The lowest BCUT2D eigenvalue weighted by Crippen LogP contribution is -2.61. The number of rotatable bonds is 11. The third kappa shape index (κ3) is 6.05. The van der Waals surface area contributed by atoms with E-state index >= 15 is 0 Å². The SMILES string of the molecule is CCC[C@@H](CCO)Nc1nc(N)nc2cnn(Cc3ncc(C4CCC5(CC4)CN(C4CCOCC4)C5)cc3OC)c12. The summed E-state index contributed by atoms with van der Waals surface area (Å²) in [6.45, 7) is 7.00. The molecule has 4 N–H and O–H groups in total. The van der Waals surface area contributed by atoms with Crippen molar-refractivity contribution in [3.05, 3.63) is 29.7 Å². The highest BCUT2D eigenvalue weighted by atomic mass is 16.5. The van der Waals surface area contributed by atoms with Crippen LogP contribution in [0, 0.1) is 5.41 Å². The molecule has 1 atom stereocenters. The monoisotopic (exact) mass is 578 g/mol. The van der Waals surface area contributed by atoms with Crippen molar-refractivity contribution in [3.8, 4) is 5.75 Å². The molecule has 1 saturated carbocycles. The van der Waals surface area contributed by atoms with Crippen LogP contribution >= 0.6 is 0 Å². The van der Waals surface area contributed by atoms with Crippen molar-refractivity contribution in [2.75, 3.05) is 51.1 Å². The summed E-state index contributed by atoms with van der Waals surface area (Å²) < 4.78 is 13.3. The fourth-order valence-electron chi connectivity index (χ4n) is 7.38. The Morgan fingerprint density at radius 1 is 1.14 bits per heavy atom. The van der Waals surface area contributed by atoms with Crippen LogP contribution in [0.25, 0.3) is 11.0 Å². The summed E-state index contributed by atoms with van der Waals surface area (Å²) in [6.07, 6.45) is 13.6. The van der Waals surface area contributed by atoms with Crippen molar-refractivity contribution in [1.29, 1.82) is 0 Å². The van der Waals surface area contributed by atoms with Crippen LogP contribution in [0.2, 0.25) is 0 Å². The quantitative estimate of drug-likeness (QED) is 0.307. The first-order chi connectivity index (χ1) is 20.5. The summed E-state index contributed by atoms with van der Waals surface area (Å²) in [7, 11) is 1.71. The molecule has 42 heavy (non-hydrogen) atoms. The molecule has 2 aliphatic heterocycles. The minimum Gasteiger partial charge on any atom is -0.495 e. The molecule has 11 nitrogen and oxygen atoms in total. The molecule has 0 bridgehead atoms. The largest absolute Gasteiger partial charge is 0.495 e. The smallest absolute Gasteiger partial charge is 0.222 e. The zero-order chi connectivity index (χ0) is 29.1. The van der Waals surface area contributed by atoms with Gasteiger partial charge < -0.3 is 25.6 Å². The van der Waals surface area contributed by atoms with Crippen LogP contribution < -0.4 is 15.8 Å². The van der Waals surface area contributed by atoms with Crippen LogP contribution in [0.5, 0.6) is 5.75 Å². The minimum atomic E-state index is 0.0762. The first kappa shape index (κ1) is 29.1. The number of hydrogen-bond acceptors (Lipinski definition) is 10. The maximum Gasteiger partial charge on any atom is 0.222 e. The Labute approximate surface area is 248 Å². The Balaban J connectivity index is 1.14. The fraction of sp³-hybridized carbons (Fsp3) is 0.677. The van der Waals surface area contributed by atoms with E-state index in [1.165, 1.54) is 57.2 Å². The molecular formula is C31H46N8O3. The van der Waals surface area contributed by atoms with Crippen LogP contribution in [0.15, 0.2) is 18.5 Å². The summed E-state index contributed by atoms with van der Waals surface area (Å²) in [5.41, 5.74) is 10.1. The second kappa shape index (κ2) is 12.7. The number of aromatic nitrogens is 5. The lowest BCUT2D eigenvalue weighted by atomic mass is 9.64. The molecule has 2 saturated heterocycles. The van der Waals surface area contributed by atoms with Crippen molar-refractivity contribution >= 4 is 22.8 Å². The van der Waals surface area contributed by atoms with Gasteiger partial charge >= 0.3 is 0 Å². The van der Waals surface area contributed by atoms with Gasteiger partial charge in [0.25, 0.3) is 0 Å². The van der Waals surface area contributed by atoms with Crippen LogP contribution in [-0.4, -0.2) is 86.8 Å². The predicted molar refractivity (Wildman–Crippen MR) is 163 cm³/mol. The molecule has 1 aliphatic carbocycles. The number of aliphatic hydroxyl groups is 1. The van der Waals surface area contributed by atoms with E-state index in [1.807, 2.05) is 10.9 Å². The topological polar surface area (TPSA) is 136 Å². The molecule has 5 heterocycles. The first-order valence-electron chi connectivity index (χ1n) is 15.7.